The SMILES string of the molecule is CCc1cc(-c2ccc(C)cc2)ccc1C#Cc1cc(F)c(N=C=S)c(F)c1. The van der Waals surface area contributed by atoms with Crippen LogP contribution in [0, 0.1) is 30.4 Å². The fourth-order valence-corrected chi connectivity index (χ4v) is 2.95. The van der Waals surface area contributed by atoms with E-state index in [2.05, 4.69) is 73.2 Å². The Labute approximate surface area is 168 Å². The molecule has 0 aromatic heterocycles. The van der Waals surface area contributed by atoms with Crippen LogP contribution >= 0.6 is 12.2 Å². The number of thiocarbonyl (C=S) groups is 1. The van der Waals surface area contributed by atoms with Crippen LogP contribution in [0.2, 0.25) is 0 Å². The fraction of sp³-hybridized carbons (Fsp3) is 0.125. The lowest BCUT2D eigenvalue weighted by Gasteiger charge is -2.07. The molecule has 0 spiro atoms. The number of aryl methyl sites for hydroxylation is 2. The lowest BCUT2D eigenvalue weighted by Crippen LogP contribution is -1.90. The number of halogens is 2. The zero-order chi connectivity index (χ0) is 20.1. The maximum Gasteiger partial charge on any atom is 0.153 e. The maximum absolute atomic E-state index is 14.0. The molecular weight excluding hydrogens is 372 g/mol. The number of nitrogens with zero attached hydrogens (tertiary/aromatic N) is 1. The molecule has 0 N–H and O–H groups in total. The lowest BCUT2D eigenvalue weighted by atomic mass is 9.97. The van der Waals surface area contributed by atoms with Crippen molar-refractivity contribution >= 4 is 23.1 Å². The van der Waals surface area contributed by atoms with Crippen LogP contribution in [0.25, 0.3) is 11.1 Å². The highest BCUT2D eigenvalue weighted by molar-refractivity contribution is 7.78. The molecule has 0 amide bonds. The predicted octanol–water partition coefficient (Wildman–Crippen LogP) is 6.64. The molecule has 0 saturated carbocycles. The van der Waals surface area contributed by atoms with Gasteiger partial charge in [0, 0.05) is 11.1 Å². The minimum absolute atomic E-state index is 0.239. The number of benzene rings is 3. The van der Waals surface area contributed by atoms with Crippen molar-refractivity contribution in [1.82, 2.24) is 0 Å². The van der Waals surface area contributed by atoms with Gasteiger partial charge in [-0.2, -0.15) is 4.99 Å². The summed E-state index contributed by atoms with van der Waals surface area (Å²) in [5.41, 5.74) is 5.16. The Balaban J connectivity index is 1.96. The third-order valence-corrected chi connectivity index (χ3v) is 4.48. The molecule has 3 aromatic carbocycles. The fourth-order valence-electron chi connectivity index (χ4n) is 2.86. The minimum Gasteiger partial charge on any atom is -0.204 e. The average Bonchev–Trinajstić information content (AvgIpc) is 2.69. The molecule has 138 valence electrons. The predicted molar refractivity (Wildman–Crippen MR) is 113 cm³/mol. The summed E-state index contributed by atoms with van der Waals surface area (Å²) in [4.78, 5) is 3.40. The van der Waals surface area contributed by atoms with Crippen molar-refractivity contribution in [1.29, 1.82) is 0 Å². The van der Waals surface area contributed by atoms with Crippen LogP contribution in [0.1, 0.15) is 29.2 Å². The quantitative estimate of drug-likeness (QED) is 0.278. The summed E-state index contributed by atoms with van der Waals surface area (Å²) in [6.07, 6.45) is 0.800. The third kappa shape index (κ3) is 4.40. The first-order valence-electron chi connectivity index (χ1n) is 8.80. The zero-order valence-electron chi connectivity index (χ0n) is 15.5. The van der Waals surface area contributed by atoms with Gasteiger partial charge in [-0.15, -0.1) is 0 Å². The highest BCUT2D eigenvalue weighted by Gasteiger charge is 2.09. The lowest BCUT2D eigenvalue weighted by molar-refractivity contribution is 0.587. The van der Waals surface area contributed by atoms with E-state index in [1.54, 1.807) is 0 Å². The molecule has 0 saturated heterocycles. The van der Waals surface area contributed by atoms with Crippen LogP contribution < -0.4 is 0 Å². The standard InChI is InChI=1S/C24H17F2NS/c1-3-18-14-21(20-7-4-16(2)5-8-20)11-10-19(18)9-6-17-12-22(25)24(27-15-28)23(26)13-17/h4-5,7-8,10-14H,3H2,1-2H3. The highest BCUT2D eigenvalue weighted by Crippen LogP contribution is 2.25. The van der Waals surface area contributed by atoms with E-state index >= 15 is 0 Å². The zero-order valence-corrected chi connectivity index (χ0v) is 16.3. The van der Waals surface area contributed by atoms with Gasteiger partial charge in [0.15, 0.2) is 11.6 Å². The Bertz CT molecular complexity index is 1110. The number of hydrogen-bond donors (Lipinski definition) is 0. The van der Waals surface area contributed by atoms with E-state index in [1.165, 1.54) is 5.56 Å². The summed E-state index contributed by atoms with van der Waals surface area (Å²) in [7, 11) is 0. The molecule has 0 bridgehead atoms. The second kappa shape index (κ2) is 8.71. The Morgan fingerprint density at radius 1 is 0.893 bits per heavy atom. The topological polar surface area (TPSA) is 12.4 Å². The molecule has 0 atom stereocenters. The Hall–Kier alpha value is -3.12. The molecule has 1 nitrogen and oxygen atoms in total. The number of hydrogen-bond acceptors (Lipinski definition) is 2. The maximum atomic E-state index is 14.0. The molecule has 0 unspecified atom stereocenters. The van der Waals surface area contributed by atoms with Gasteiger partial charge in [-0.25, -0.2) is 8.78 Å². The van der Waals surface area contributed by atoms with Gasteiger partial charge < -0.3 is 0 Å². The van der Waals surface area contributed by atoms with Crippen LogP contribution in [0.5, 0.6) is 0 Å². The van der Waals surface area contributed by atoms with Crippen molar-refractivity contribution in [3.63, 3.8) is 0 Å². The summed E-state index contributed by atoms with van der Waals surface area (Å²) < 4.78 is 27.9. The van der Waals surface area contributed by atoms with Crippen LogP contribution in [-0.4, -0.2) is 5.16 Å². The first-order valence-corrected chi connectivity index (χ1v) is 9.21. The molecule has 0 heterocycles. The molecule has 0 radical (unpaired) electrons. The van der Waals surface area contributed by atoms with Crippen molar-refractivity contribution in [2.45, 2.75) is 20.3 Å². The first-order chi connectivity index (χ1) is 13.5. The Morgan fingerprint density at radius 3 is 2.14 bits per heavy atom. The third-order valence-electron chi connectivity index (χ3n) is 4.39. The molecule has 0 aliphatic carbocycles. The van der Waals surface area contributed by atoms with E-state index in [-0.39, 0.29) is 5.56 Å². The Morgan fingerprint density at radius 2 is 1.54 bits per heavy atom. The van der Waals surface area contributed by atoms with Gasteiger partial charge in [0.25, 0.3) is 0 Å². The monoisotopic (exact) mass is 389 g/mol. The normalized spacial score (nSPS) is 10.0. The van der Waals surface area contributed by atoms with Crippen molar-refractivity contribution in [2.75, 3.05) is 0 Å². The van der Waals surface area contributed by atoms with E-state index in [4.69, 9.17) is 0 Å². The molecule has 0 fully saturated rings. The van der Waals surface area contributed by atoms with Crippen LogP contribution in [-0.2, 0) is 6.42 Å². The second-order valence-corrected chi connectivity index (χ2v) is 6.52. The smallest absolute Gasteiger partial charge is 0.153 e. The number of isothiocyanates is 1. The van der Waals surface area contributed by atoms with E-state index in [0.29, 0.717) is 0 Å². The van der Waals surface area contributed by atoms with E-state index in [0.717, 1.165) is 40.8 Å². The molecule has 4 heteroatoms. The first kappa shape index (κ1) is 19.6. The van der Waals surface area contributed by atoms with Gasteiger partial charge in [0.2, 0.25) is 0 Å². The summed E-state index contributed by atoms with van der Waals surface area (Å²) in [6.45, 7) is 4.11. The van der Waals surface area contributed by atoms with Gasteiger partial charge in [-0.05, 0) is 66.5 Å². The van der Waals surface area contributed by atoms with E-state index in [1.807, 2.05) is 17.3 Å². The van der Waals surface area contributed by atoms with Gasteiger partial charge in [0.1, 0.15) is 5.69 Å². The van der Waals surface area contributed by atoms with Crippen LogP contribution in [0.15, 0.2) is 59.6 Å². The summed E-state index contributed by atoms with van der Waals surface area (Å²) in [5, 5.41) is 1.97. The minimum atomic E-state index is -0.813. The summed E-state index contributed by atoms with van der Waals surface area (Å²) in [6, 6.07) is 16.7. The number of rotatable bonds is 3. The van der Waals surface area contributed by atoms with Gasteiger partial charge in [-0.1, -0.05) is 54.7 Å². The van der Waals surface area contributed by atoms with Crippen molar-refractivity contribution in [2.24, 2.45) is 4.99 Å². The summed E-state index contributed by atoms with van der Waals surface area (Å²) in [5.74, 6) is 4.23. The molecule has 3 rings (SSSR count). The van der Waals surface area contributed by atoms with E-state index < -0.39 is 17.3 Å². The van der Waals surface area contributed by atoms with Crippen LogP contribution in [0.4, 0.5) is 14.5 Å². The van der Waals surface area contributed by atoms with Crippen molar-refractivity contribution in [3.05, 3.63) is 88.5 Å². The number of aliphatic imine (C=N–C) groups is 1. The second-order valence-electron chi connectivity index (χ2n) is 6.33. The van der Waals surface area contributed by atoms with Gasteiger partial charge in [-0.3, -0.25) is 0 Å². The highest BCUT2D eigenvalue weighted by atomic mass is 32.1. The van der Waals surface area contributed by atoms with Crippen LogP contribution in [0.3, 0.4) is 0 Å². The molecule has 28 heavy (non-hydrogen) atoms. The molecular formula is C24H17F2NS. The van der Waals surface area contributed by atoms with Gasteiger partial charge in [0.05, 0.1) is 5.16 Å². The molecule has 3 aromatic rings. The van der Waals surface area contributed by atoms with E-state index in [9.17, 15) is 8.78 Å². The average molecular weight is 389 g/mol. The summed E-state index contributed by atoms with van der Waals surface area (Å²) >= 11 is 4.40. The molecule has 0 aliphatic heterocycles. The van der Waals surface area contributed by atoms with Crippen molar-refractivity contribution < 1.29 is 8.78 Å². The van der Waals surface area contributed by atoms with Gasteiger partial charge >= 0.3 is 0 Å². The Kier molecular flexibility index (Phi) is 6.11. The largest absolute Gasteiger partial charge is 0.204 e. The molecule has 0 aliphatic rings. The van der Waals surface area contributed by atoms with Crippen molar-refractivity contribution in [3.8, 4) is 23.0 Å².